The first kappa shape index (κ1) is 12.2. The molecule has 0 spiro atoms. The maximum atomic E-state index is 12.1. The Morgan fingerprint density at radius 2 is 2.07 bits per heavy atom. The lowest BCUT2D eigenvalue weighted by molar-refractivity contribution is -0.0506. The van der Waals surface area contributed by atoms with Gasteiger partial charge in [-0.25, -0.2) is 0 Å². The minimum absolute atomic E-state index is 0.0996. The van der Waals surface area contributed by atoms with Crippen molar-refractivity contribution < 1.29 is 13.5 Å². The summed E-state index contributed by atoms with van der Waals surface area (Å²) in [5, 5.41) is 3.43. The van der Waals surface area contributed by atoms with E-state index in [1.165, 1.54) is 12.1 Å². The number of hydrogen-bond acceptors (Lipinski definition) is 2. The predicted molar refractivity (Wildman–Crippen MR) is 55.6 cm³/mol. The summed E-state index contributed by atoms with van der Waals surface area (Å²) in [5.41, 5.74) is 0.616. The molecular weight excluding hydrogens is 224 g/mol. The molecule has 0 bridgehead atoms. The molecule has 0 aliphatic rings. The van der Waals surface area contributed by atoms with Crippen LogP contribution in [0.3, 0.4) is 0 Å². The van der Waals surface area contributed by atoms with Crippen molar-refractivity contribution in [3.63, 3.8) is 0 Å². The fourth-order valence-corrected chi connectivity index (χ4v) is 1.40. The van der Waals surface area contributed by atoms with E-state index in [1.54, 1.807) is 13.1 Å². The van der Waals surface area contributed by atoms with Crippen molar-refractivity contribution in [2.45, 2.75) is 19.6 Å². The Morgan fingerprint density at radius 3 is 2.60 bits per heavy atom. The van der Waals surface area contributed by atoms with Crippen molar-refractivity contribution in [3.05, 3.63) is 28.8 Å². The lowest BCUT2D eigenvalue weighted by Gasteiger charge is -2.16. The summed E-state index contributed by atoms with van der Waals surface area (Å²) in [5.74, 6) is 0.149. The van der Waals surface area contributed by atoms with Crippen LogP contribution in [0.5, 0.6) is 5.75 Å². The van der Waals surface area contributed by atoms with Gasteiger partial charge in [-0.15, -0.1) is 0 Å². The first-order chi connectivity index (χ1) is 7.04. The molecule has 5 heteroatoms. The summed E-state index contributed by atoms with van der Waals surface area (Å²) < 4.78 is 28.6. The van der Waals surface area contributed by atoms with Gasteiger partial charge in [0.2, 0.25) is 0 Å². The number of benzene rings is 1. The van der Waals surface area contributed by atoms with Crippen molar-refractivity contribution in [2.24, 2.45) is 0 Å². The van der Waals surface area contributed by atoms with Crippen LogP contribution in [0.25, 0.3) is 0 Å². The SMILES string of the molecule is CNC(C)c1cc(Cl)ccc1OC(F)F. The van der Waals surface area contributed by atoms with Crippen LogP contribution < -0.4 is 10.1 Å². The van der Waals surface area contributed by atoms with Crippen LogP contribution in [0.1, 0.15) is 18.5 Å². The number of ether oxygens (including phenoxy) is 1. The van der Waals surface area contributed by atoms with Crippen molar-refractivity contribution in [3.8, 4) is 5.75 Å². The summed E-state index contributed by atoms with van der Waals surface area (Å²) in [6.07, 6.45) is 0. The lowest BCUT2D eigenvalue weighted by Crippen LogP contribution is -2.15. The summed E-state index contributed by atoms with van der Waals surface area (Å²) in [4.78, 5) is 0. The highest BCUT2D eigenvalue weighted by atomic mass is 35.5. The van der Waals surface area contributed by atoms with E-state index in [9.17, 15) is 8.78 Å². The second kappa shape index (κ2) is 5.28. The highest BCUT2D eigenvalue weighted by molar-refractivity contribution is 6.30. The molecule has 1 aromatic rings. The Morgan fingerprint density at radius 1 is 1.40 bits per heavy atom. The number of alkyl halides is 2. The average molecular weight is 236 g/mol. The van der Waals surface area contributed by atoms with Gasteiger partial charge >= 0.3 is 6.61 Å². The van der Waals surface area contributed by atoms with Gasteiger partial charge in [0.15, 0.2) is 0 Å². The van der Waals surface area contributed by atoms with Crippen LogP contribution in [-0.2, 0) is 0 Å². The van der Waals surface area contributed by atoms with Gasteiger partial charge in [0.05, 0.1) is 0 Å². The third-order valence-electron chi connectivity index (χ3n) is 2.09. The van der Waals surface area contributed by atoms with E-state index in [1.807, 2.05) is 6.92 Å². The van der Waals surface area contributed by atoms with Crippen molar-refractivity contribution >= 4 is 11.6 Å². The molecule has 0 radical (unpaired) electrons. The zero-order valence-electron chi connectivity index (χ0n) is 8.43. The largest absolute Gasteiger partial charge is 0.434 e. The van der Waals surface area contributed by atoms with Gasteiger partial charge < -0.3 is 10.1 Å². The zero-order chi connectivity index (χ0) is 11.4. The van der Waals surface area contributed by atoms with Gasteiger partial charge in [0, 0.05) is 16.6 Å². The molecule has 0 amide bonds. The van der Waals surface area contributed by atoms with Crippen LogP contribution in [-0.4, -0.2) is 13.7 Å². The molecule has 0 fully saturated rings. The van der Waals surface area contributed by atoms with Gasteiger partial charge in [0.25, 0.3) is 0 Å². The molecule has 15 heavy (non-hydrogen) atoms. The zero-order valence-corrected chi connectivity index (χ0v) is 9.18. The Bertz CT molecular complexity index is 333. The fraction of sp³-hybridized carbons (Fsp3) is 0.400. The van der Waals surface area contributed by atoms with Crippen LogP contribution in [0.15, 0.2) is 18.2 Å². The Balaban J connectivity index is 3.02. The molecule has 1 unspecified atom stereocenters. The molecule has 0 saturated carbocycles. The maximum absolute atomic E-state index is 12.1. The molecule has 1 N–H and O–H groups in total. The first-order valence-corrected chi connectivity index (χ1v) is 4.84. The van der Waals surface area contributed by atoms with Gasteiger partial charge in [0.1, 0.15) is 5.75 Å². The van der Waals surface area contributed by atoms with Crippen molar-refractivity contribution in [1.29, 1.82) is 0 Å². The highest BCUT2D eigenvalue weighted by Gasteiger charge is 2.14. The molecule has 0 aliphatic heterocycles. The summed E-state index contributed by atoms with van der Waals surface area (Å²) in [7, 11) is 1.73. The normalized spacial score (nSPS) is 12.9. The molecule has 0 heterocycles. The number of halogens is 3. The minimum Gasteiger partial charge on any atom is -0.434 e. The number of hydrogen-bond donors (Lipinski definition) is 1. The highest BCUT2D eigenvalue weighted by Crippen LogP contribution is 2.29. The first-order valence-electron chi connectivity index (χ1n) is 4.46. The number of rotatable bonds is 4. The van der Waals surface area contributed by atoms with E-state index >= 15 is 0 Å². The van der Waals surface area contributed by atoms with Crippen molar-refractivity contribution in [2.75, 3.05) is 7.05 Å². The van der Waals surface area contributed by atoms with Crippen LogP contribution in [0.2, 0.25) is 5.02 Å². The van der Waals surface area contributed by atoms with Crippen LogP contribution in [0.4, 0.5) is 8.78 Å². The van der Waals surface area contributed by atoms with E-state index in [-0.39, 0.29) is 11.8 Å². The Kier molecular flexibility index (Phi) is 4.29. The third-order valence-corrected chi connectivity index (χ3v) is 2.32. The van der Waals surface area contributed by atoms with E-state index in [2.05, 4.69) is 10.1 Å². The van der Waals surface area contributed by atoms with Gasteiger partial charge in [-0.2, -0.15) is 8.78 Å². The van der Waals surface area contributed by atoms with Gasteiger partial charge in [-0.1, -0.05) is 11.6 Å². The Labute approximate surface area is 92.2 Å². The molecule has 1 rings (SSSR count). The predicted octanol–water partition coefficient (Wildman–Crippen LogP) is 3.22. The van der Waals surface area contributed by atoms with Crippen LogP contribution in [0, 0.1) is 0 Å². The maximum Gasteiger partial charge on any atom is 0.387 e. The van der Waals surface area contributed by atoms with Crippen molar-refractivity contribution in [1.82, 2.24) is 5.32 Å². The minimum atomic E-state index is -2.83. The van der Waals surface area contributed by atoms with Gasteiger partial charge in [-0.3, -0.25) is 0 Å². The van der Waals surface area contributed by atoms with E-state index < -0.39 is 6.61 Å². The molecule has 2 nitrogen and oxygen atoms in total. The summed E-state index contributed by atoms with van der Waals surface area (Å²) in [6, 6.07) is 4.47. The summed E-state index contributed by atoms with van der Waals surface area (Å²) in [6.45, 7) is -0.988. The summed E-state index contributed by atoms with van der Waals surface area (Å²) >= 11 is 5.78. The van der Waals surface area contributed by atoms with Crippen LogP contribution >= 0.6 is 11.6 Å². The number of nitrogens with one attached hydrogen (secondary N) is 1. The molecule has 0 aromatic heterocycles. The quantitative estimate of drug-likeness (QED) is 0.865. The molecule has 0 aliphatic carbocycles. The van der Waals surface area contributed by atoms with E-state index in [0.717, 1.165) is 0 Å². The molecule has 1 atom stereocenters. The molecule has 84 valence electrons. The van der Waals surface area contributed by atoms with E-state index in [0.29, 0.717) is 10.6 Å². The topological polar surface area (TPSA) is 21.3 Å². The molecular formula is C10H12ClF2NO. The smallest absolute Gasteiger partial charge is 0.387 e. The van der Waals surface area contributed by atoms with E-state index in [4.69, 9.17) is 11.6 Å². The van der Waals surface area contributed by atoms with Gasteiger partial charge in [-0.05, 0) is 32.2 Å². The lowest BCUT2D eigenvalue weighted by atomic mass is 10.1. The second-order valence-electron chi connectivity index (χ2n) is 3.07. The second-order valence-corrected chi connectivity index (χ2v) is 3.51. The Hall–Kier alpha value is -0.870. The standard InChI is InChI=1S/C10H12ClF2NO/c1-6(14-2)8-5-7(11)3-4-9(8)15-10(12)13/h3-6,10,14H,1-2H3. The average Bonchev–Trinajstić information content (AvgIpc) is 2.19. The third kappa shape index (κ3) is 3.32. The molecule has 1 aromatic carbocycles. The fourth-order valence-electron chi connectivity index (χ4n) is 1.22. The monoisotopic (exact) mass is 235 g/mol. The molecule has 0 saturated heterocycles.